The summed E-state index contributed by atoms with van der Waals surface area (Å²) in [5.41, 5.74) is 4.29. The first-order chi connectivity index (χ1) is 14.6. The van der Waals surface area contributed by atoms with E-state index in [1.807, 2.05) is 55.1 Å². The third kappa shape index (κ3) is 4.43. The highest BCUT2D eigenvalue weighted by Gasteiger charge is 2.18. The molecule has 0 aliphatic heterocycles. The van der Waals surface area contributed by atoms with E-state index < -0.39 is 0 Å². The first kappa shape index (κ1) is 21.0. The number of rotatable bonds is 6. The summed E-state index contributed by atoms with van der Waals surface area (Å²) in [4.78, 5) is 24.7. The molecule has 0 aliphatic carbocycles. The number of benzene rings is 2. The Morgan fingerprint density at radius 1 is 1.17 bits per heavy atom. The lowest BCUT2D eigenvalue weighted by atomic mass is 10.1. The Bertz CT molecular complexity index is 1190. The van der Waals surface area contributed by atoms with Crippen molar-refractivity contribution in [1.82, 2.24) is 9.97 Å². The lowest BCUT2D eigenvalue weighted by Gasteiger charge is -2.21. The number of aromatic nitrogens is 2. The van der Waals surface area contributed by atoms with Crippen LogP contribution >= 0.6 is 39.0 Å². The predicted molar refractivity (Wildman–Crippen MR) is 130 cm³/mol. The van der Waals surface area contributed by atoms with Gasteiger partial charge in [0.2, 0.25) is 5.91 Å². The van der Waals surface area contributed by atoms with Gasteiger partial charge in [0.05, 0.1) is 11.1 Å². The Hall–Kier alpha value is -2.22. The van der Waals surface area contributed by atoms with Crippen LogP contribution in [-0.4, -0.2) is 28.2 Å². The maximum absolute atomic E-state index is 13.0. The molecular weight excluding hydrogens is 478 g/mol. The molecule has 152 valence electrons. The highest BCUT2D eigenvalue weighted by Crippen LogP contribution is 2.38. The summed E-state index contributed by atoms with van der Waals surface area (Å²) in [5.74, 6) is 0.393. The minimum atomic E-state index is 0.0697. The van der Waals surface area contributed by atoms with Gasteiger partial charge in [0.25, 0.3) is 0 Å². The van der Waals surface area contributed by atoms with E-state index in [0.29, 0.717) is 12.3 Å². The van der Waals surface area contributed by atoms with Crippen molar-refractivity contribution in [2.24, 2.45) is 0 Å². The van der Waals surface area contributed by atoms with Crippen molar-refractivity contribution in [2.45, 2.75) is 18.9 Å². The number of aryl methyl sites for hydroxylation is 1. The monoisotopic (exact) mass is 497 g/mol. The maximum atomic E-state index is 13.0. The Kier molecular flexibility index (Phi) is 6.51. The average molecular weight is 498 g/mol. The number of anilines is 1. The Morgan fingerprint density at radius 2 is 1.97 bits per heavy atom. The summed E-state index contributed by atoms with van der Waals surface area (Å²) < 4.78 is 1.04. The zero-order valence-corrected chi connectivity index (χ0v) is 19.9. The Labute approximate surface area is 192 Å². The van der Waals surface area contributed by atoms with Crippen molar-refractivity contribution < 1.29 is 4.79 Å². The number of hydrogen-bond acceptors (Lipinski definition) is 5. The van der Waals surface area contributed by atoms with Crippen LogP contribution < -0.4 is 4.90 Å². The standard InChI is InChI=1S/C23H20BrN3OS2/c1-3-27(18-6-4-5-15(2)11-18)20(28)13-30-23-21-19(12-29-22(21)25-14-26-23)16-7-9-17(24)10-8-16/h4-12,14H,3,13H2,1-2H3. The van der Waals surface area contributed by atoms with Gasteiger partial charge in [0.15, 0.2) is 0 Å². The smallest absolute Gasteiger partial charge is 0.237 e. The van der Waals surface area contributed by atoms with E-state index in [4.69, 9.17) is 0 Å². The third-order valence-corrected chi connectivity index (χ3v) is 7.14. The molecule has 7 heteroatoms. The Balaban J connectivity index is 1.60. The zero-order chi connectivity index (χ0) is 21.1. The summed E-state index contributed by atoms with van der Waals surface area (Å²) in [6.45, 7) is 4.66. The Morgan fingerprint density at radius 3 is 2.70 bits per heavy atom. The van der Waals surface area contributed by atoms with Crippen molar-refractivity contribution in [3.63, 3.8) is 0 Å². The van der Waals surface area contributed by atoms with Crippen LogP contribution in [0.25, 0.3) is 21.3 Å². The molecule has 4 nitrogen and oxygen atoms in total. The fraction of sp³-hybridized carbons (Fsp3) is 0.174. The second-order valence-electron chi connectivity index (χ2n) is 6.78. The normalized spacial score (nSPS) is 11.0. The molecule has 0 aliphatic rings. The molecule has 0 spiro atoms. The summed E-state index contributed by atoms with van der Waals surface area (Å²) >= 11 is 6.56. The molecule has 0 bridgehead atoms. The molecule has 0 unspecified atom stereocenters. The average Bonchev–Trinajstić information content (AvgIpc) is 3.18. The van der Waals surface area contributed by atoms with Crippen LogP contribution in [0.1, 0.15) is 12.5 Å². The number of halogens is 1. The van der Waals surface area contributed by atoms with Gasteiger partial charge in [-0.25, -0.2) is 9.97 Å². The molecule has 2 aromatic carbocycles. The molecule has 4 aromatic rings. The topological polar surface area (TPSA) is 46.1 Å². The first-order valence-electron chi connectivity index (χ1n) is 9.54. The minimum Gasteiger partial charge on any atom is -0.312 e. The summed E-state index contributed by atoms with van der Waals surface area (Å²) in [7, 11) is 0. The fourth-order valence-electron chi connectivity index (χ4n) is 3.31. The van der Waals surface area contributed by atoms with Gasteiger partial charge in [-0.15, -0.1) is 11.3 Å². The van der Waals surface area contributed by atoms with E-state index in [2.05, 4.69) is 43.4 Å². The van der Waals surface area contributed by atoms with E-state index in [1.54, 1.807) is 17.7 Å². The molecule has 0 fully saturated rings. The van der Waals surface area contributed by atoms with Gasteiger partial charge in [-0.05, 0) is 49.2 Å². The van der Waals surface area contributed by atoms with Gasteiger partial charge in [-0.3, -0.25) is 4.79 Å². The van der Waals surface area contributed by atoms with Crippen molar-refractivity contribution in [2.75, 3.05) is 17.2 Å². The predicted octanol–water partition coefficient (Wildman–Crippen LogP) is 6.57. The molecule has 0 radical (unpaired) electrons. The lowest BCUT2D eigenvalue weighted by molar-refractivity contribution is -0.116. The molecule has 0 saturated heterocycles. The van der Waals surface area contributed by atoms with Crippen molar-refractivity contribution in [1.29, 1.82) is 0 Å². The number of amides is 1. The van der Waals surface area contributed by atoms with Gasteiger partial charge >= 0.3 is 0 Å². The summed E-state index contributed by atoms with van der Waals surface area (Å²) in [6, 6.07) is 16.3. The molecular formula is C23H20BrN3OS2. The summed E-state index contributed by atoms with van der Waals surface area (Å²) in [6.07, 6.45) is 1.58. The van der Waals surface area contributed by atoms with Gasteiger partial charge in [-0.2, -0.15) is 0 Å². The minimum absolute atomic E-state index is 0.0697. The van der Waals surface area contributed by atoms with E-state index in [0.717, 1.165) is 42.1 Å². The molecule has 30 heavy (non-hydrogen) atoms. The zero-order valence-electron chi connectivity index (χ0n) is 16.6. The van der Waals surface area contributed by atoms with Crippen molar-refractivity contribution >= 4 is 60.8 Å². The molecule has 2 aromatic heterocycles. The number of thiophene rings is 1. The number of carbonyl (C=O) groups is 1. The highest BCUT2D eigenvalue weighted by molar-refractivity contribution is 9.10. The van der Waals surface area contributed by atoms with Gasteiger partial charge in [-0.1, -0.05) is 52.0 Å². The second-order valence-corrected chi connectivity index (χ2v) is 9.52. The van der Waals surface area contributed by atoms with Gasteiger partial charge in [0.1, 0.15) is 16.2 Å². The van der Waals surface area contributed by atoms with Crippen molar-refractivity contribution in [3.8, 4) is 11.1 Å². The van der Waals surface area contributed by atoms with Crippen LogP contribution in [0.3, 0.4) is 0 Å². The van der Waals surface area contributed by atoms with Crippen LogP contribution in [0.4, 0.5) is 5.69 Å². The number of fused-ring (bicyclic) bond motifs is 1. The quantitative estimate of drug-likeness (QED) is 0.223. The molecule has 0 N–H and O–H groups in total. The van der Waals surface area contributed by atoms with Crippen LogP contribution in [0, 0.1) is 6.92 Å². The number of thioether (sulfide) groups is 1. The number of carbonyl (C=O) groups excluding carboxylic acids is 1. The van der Waals surface area contributed by atoms with Gasteiger partial charge < -0.3 is 4.90 Å². The van der Waals surface area contributed by atoms with E-state index in [9.17, 15) is 4.79 Å². The number of hydrogen-bond donors (Lipinski definition) is 0. The SMILES string of the molecule is CCN(C(=O)CSc1ncnc2scc(-c3ccc(Br)cc3)c12)c1cccc(C)c1. The van der Waals surface area contributed by atoms with E-state index in [-0.39, 0.29) is 5.91 Å². The number of nitrogens with zero attached hydrogens (tertiary/aromatic N) is 3. The van der Waals surface area contributed by atoms with Crippen LogP contribution in [0.2, 0.25) is 0 Å². The van der Waals surface area contributed by atoms with Crippen LogP contribution in [0.15, 0.2) is 69.7 Å². The van der Waals surface area contributed by atoms with E-state index >= 15 is 0 Å². The molecule has 0 atom stereocenters. The molecule has 4 rings (SSSR count). The van der Waals surface area contributed by atoms with Crippen LogP contribution in [0.5, 0.6) is 0 Å². The molecule has 2 heterocycles. The van der Waals surface area contributed by atoms with Gasteiger partial charge in [0, 0.05) is 27.6 Å². The second kappa shape index (κ2) is 9.29. The lowest BCUT2D eigenvalue weighted by Crippen LogP contribution is -2.32. The third-order valence-electron chi connectivity index (χ3n) is 4.75. The highest BCUT2D eigenvalue weighted by atomic mass is 79.9. The van der Waals surface area contributed by atoms with Crippen molar-refractivity contribution in [3.05, 3.63) is 70.3 Å². The van der Waals surface area contributed by atoms with Crippen LogP contribution in [-0.2, 0) is 4.79 Å². The maximum Gasteiger partial charge on any atom is 0.237 e. The van der Waals surface area contributed by atoms with E-state index in [1.165, 1.54) is 11.8 Å². The summed E-state index contributed by atoms with van der Waals surface area (Å²) in [5, 5.41) is 3.97. The molecule has 1 amide bonds. The largest absolute Gasteiger partial charge is 0.312 e. The molecule has 0 saturated carbocycles. The fourth-order valence-corrected chi connectivity index (χ4v) is 5.44. The first-order valence-corrected chi connectivity index (χ1v) is 12.2.